The number of halogens is 4. The van der Waals surface area contributed by atoms with Gasteiger partial charge in [-0.25, -0.2) is 35.2 Å². The molecule has 2 atom stereocenters. The van der Waals surface area contributed by atoms with E-state index < -0.39 is 40.5 Å². The summed E-state index contributed by atoms with van der Waals surface area (Å²) in [5, 5.41) is 14.7. The van der Waals surface area contributed by atoms with Crippen molar-refractivity contribution >= 4 is 32.5 Å². The molecule has 3 aromatic heterocycles. The Morgan fingerprint density at radius 1 is 1.32 bits per heavy atom. The fraction of sp³-hybridized carbons (Fsp3) is 0.455. The highest BCUT2D eigenvalue weighted by Gasteiger charge is 2.47. The van der Waals surface area contributed by atoms with Gasteiger partial charge in [0, 0.05) is 6.54 Å². The molecule has 16 heteroatoms. The Morgan fingerprint density at radius 2 is 2.08 bits per heavy atom. The van der Waals surface area contributed by atoms with Crippen molar-refractivity contribution < 1.29 is 30.7 Å². The summed E-state index contributed by atoms with van der Waals surface area (Å²) in [6.45, 7) is 0.258. The Bertz CT molecular complexity index is 1620. The van der Waals surface area contributed by atoms with Gasteiger partial charge in [-0.1, -0.05) is 11.3 Å². The van der Waals surface area contributed by atoms with Crippen molar-refractivity contribution in [3.8, 4) is 17.0 Å². The molecular formula is C22H24F4N8O3S. The number of sulfonamides is 1. The van der Waals surface area contributed by atoms with Gasteiger partial charge >= 0.3 is 0 Å². The lowest BCUT2D eigenvalue weighted by Gasteiger charge is -2.37. The zero-order valence-electron chi connectivity index (χ0n) is 20.6. The Hall–Kier alpha value is -3.53. The monoisotopic (exact) mass is 556 g/mol. The minimum Gasteiger partial charge on any atom is -0.479 e. The Morgan fingerprint density at radius 3 is 2.74 bits per heavy atom. The maximum Gasteiger partial charge on any atom is 0.281 e. The van der Waals surface area contributed by atoms with Crippen molar-refractivity contribution in [3.63, 3.8) is 0 Å². The van der Waals surface area contributed by atoms with E-state index in [1.54, 1.807) is 18.2 Å². The van der Waals surface area contributed by atoms with Crippen LogP contribution < -0.4 is 10.1 Å². The Labute approximate surface area is 214 Å². The lowest BCUT2D eigenvalue weighted by atomic mass is 10.0. The lowest BCUT2D eigenvalue weighted by Crippen LogP contribution is -2.55. The summed E-state index contributed by atoms with van der Waals surface area (Å²) in [6.07, 6.45) is 0.559. The van der Waals surface area contributed by atoms with Gasteiger partial charge in [-0.2, -0.15) is 9.29 Å². The summed E-state index contributed by atoms with van der Waals surface area (Å²) in [5.74, 6) is -4.42. The van der Waals surface area contributed by atoms with Gasteiger partial charge in [-0.3, -0.25) is 0 Å². The van der Waals surface area contributed by atoms with Crippen molar-refractivity contribution in [2.75, 3.05) is 31.8 Å². The van der Waals surface area contributed by atoms with Gasteiger partial charge in [0.2, 0.25) is 21.9 Å². The van der Waals surface area contributed by atoms with Gasteiger partial charge in [0.05, 0.1) is 49.8 Å². The summed E-state index contributed by atoms with van der Waals surface area (Å²) in [4.78, 5) is 4.18. The topological polar surface area (TPSA) is 120 Å². The summed E-state index contributed by atoms with van der Waals surface area (Å²) < 4.78 is 90.4. The average Bonchev–Trinajstić information content (AvgIpc) is 3.38. The molecule has 1 N–H and O–H groups in total. The standard InChI is InChI=1S/C22H24F4N8O3S/c1-12(23)9-33-16-8-13(4-5-15(16)29-31-33)18-14(24)10-34-19(18)20(37-2)28-21(30-34)27-17-6-7-32(38(3,35)36)11-22(17,25)26/h4-5,8,10,12,17H,6-7,9,11H2,1-3H3,(H,27,30)/t12-,17+/m0/s1. The number of nitrogens with zero attached hydrogens (tertiary/aromatic N) is 7. The van der Waals surface area contributed by atoms with Crippen LogP contribution in [-0.2, 0) is 16.6 Å². The van der Waals surface area contributed by atoms with Crippen LogP contribution in [0, 0.1) is 5.82 Å². The fourth-order valence-electron chi connectivity index (χ4n) is 4.52. The zero-order chi connectivity index (χ0) is 27.4. The molecule has 1 aliphatic rings. The Kier molecular flexibility index (Phi) is 6.41. The predicted octanol–water partition coefficient (Wildman–Crippen LogP) is 2.73. The van der Waals surface area contributed by atoms with Crippen LogP contribution in [0.25, 0.3) is 27.7 Å². The van der Waals surface area contributed by atoms with Gasteiger partial charge in [0.25, 0.3) is 5.92 Å². The number of aromatic nitrogens is 6. The van der Waals surface area contributed by atoms with Crippen LogP contribution in [0.2, 0.25) is 0 Å². The van der Waals surface area contributed by atoms with E-state index in [4.69, 9.17) is 4.74 Å². The average molecular weight is 557 g/mol. The Balaban J connectivity index is 1.52. The number of rotatable bonds is 7. The number of hydrogen-bond donors (Lipinski definition) is 1. The number of anilines is 1. The number of hydrogen-bond acceptors (Lipinski definition) is 8. The third-order valence-corrected chi connectivity index (χ3v) is 7.56. The van der Waals surface area contributed by atoms with Crippen LogP contribution in [0.15, 0.2) is 24.4 Å². The summed E-state index contributed by atoms with van der Waals surface area (Å²) in [7, 11) is -2.48. The molecule has 0 radical (unpaired) electrons. The molecule has 1 fully saturated rings. The summed E-state index contributed by atoms with van der Waals surface area (Å²) >= 11 is 0. The maximum absolute atomic E-state index is 15.3. The minimum atomic E-state index is -3.78. The molecule has 1 saturated heterocycles. The number of nitrogens with one attached hydrogen (secondary N) is 1. The number of benzene rings is 1. The molecule has 0 bridgehead atoms. The van der Waals surface area contributed by atoms with E-state index in [9.17, 15) is 21.6 Å². The molecule has 0 saturated carbocycles. The summed E-state index contributed by atoms with van der Waals surface area (Å²) in [6, 6.07) is 3.38. The smallest absolute Gasteiger partial charge is 0.281 e. The van der Waals surface area contributed by atoms with E-state index in [2.05, 4.69) is 25.7 Å². The van der Waals surface area contributed by atoms with Crippen LogP contribution in [0.4, 0.5) is 23.5 Å². The first-order valence-electron chi connectivity index (χ1n) is 11.6. The molecule has 0 aliphatic carbocycles. The second-order valence-electron chi connectivity index (χ2n) is 9.19. The molecule has 0 amide bonds. The van der Waals surface area contributed by atoms with Crippen molar-refractivity contribution in [2.24, 2.45) is 0 Å². The first-order chi connectivity index (χ1) is 17.9. The van der Waals surface area contributed by atoms with E-state index >= 15 is 4.39 Å². The quantitative estimate of drug-likeness (QED) is 0.345. The van der Waals surface area contributed by atoms with Gasteiger partial charge in [0.15, 0.2) is 5.82 Å². The van der Waals surface area contributed by atoms with E-state index in [0.29, 0.717) is 16.6 Å². The van der Waals surface area contributed by atoms with E-state index in [1.165, 1.54) is 18.7 Å². The van der Waals surface area contributed by atoms with Crippen LogP contribution >= 0.6 is 0 Å². The highest BCUT2D eigenvalue weighted by Crippen LogP contribution is 2.36. The lowest BCUT2D eigenvalue weighted by molar-refractivity contribution is -0.0541. The van der Waals surface area contributed by atoms with Gasteiger partial charge < -0.3 is 10.1 Å². The van der Waals surface area contributed by atoms with Gasteiger partial charge in [-0.15, -0.1) is 10.2 Å². The van der Waals surface area contributed by atoms with Crippen molar-refractivity contribution in [1.82, 2.24) is 33.9 Å². The normalized spacial score (nSPS) is 19.2. The van der Waals surface area contributed by atoms with Crippen LogP contribution in [0.3, 0.4) is 0 Å². The second kappa shape index (κ2) is 9.34. The third kappa shape index (κ3) is 4.73. The first kappa shape index (κ1) is 26.1. The van der Waals surface area contributed by atoms with E-state index in [1.807, 2.05) is 0 Å². The van der Waals surface area contributed by atoms with Crippen LogP contribution in [0.1, 0.15) is 13.3 Å². The fourth-order valence-corrected chi connectivity index (χ4v) is 5.36. The summed E-state index contributed by atoms with van der Waals surface area (Å²) in [5.41, 5.74) is 1.62. The molecular weight excluding hydrogens is 532 g/mol. The van der Waals surface area contributed by atoms with Crippen molar-refractivity contribution in [2.45, 2.75) is 38.0 Å². The first-order valence-corrected chi connectivity index (χ1v) is 13.4. The highest BCUT2D eigenvalue weighted by molar-refractivity contribution is 7.88. The number of alkyl halides is 3. The van der Waals surface area contributed by atoms with Crippen LogP contribution in [-0.4, -0.2) is 86.9 Å². The largest absolute Gasteiger partial charge is 0.479 e. The number of piperidine rings is 1. The second-order valence-corrected chi connectivity index (χ2v) is 11.2. The van der Waals surface area contributed by atoms with Gasteiger partial charge in [0.1, 0.15) is 17.2 Å². The molecule has 5 rings (SSSR count). The molecule has 0 spiro atoms. The van der Waals surface area contributed by atoms with E-state index in [-0.39, 0.29) is 42.4 Å². The molecule has 38 heavy (non-hydrogen) atoms. The molecule has 204 valence electrons. The zero-order valence-corrected chi connectivity index (χ0v) is 21.4. The number of ether oxygens (including phenoxy) is 1. The molecule has 4 heterocycles. The van der Waals surface area contributed by atoms with Crippen molar-refractivity contribution in [1.29, 1.82) is 0 Å². The molecule has 1 aromatic carbocycles. The molecule has 4 aromatic rings. The minimum absolute atomic E-state index is 0.0336. The molecule has 11 nitrogen and oxygen atoms in total. The molecule has 0 unspecified atom stereocenters. The van der Waals surface area contributed by atoms with Crippen LogP contribution in [0.5, 0.6) is 5.88 Å². The molecule has 1 aliphatic heterocycles. The SMILES string of the molecule is COc1nc(N[C@@H]2CCN(S(C)(=O)=O)CC2(F)F)nn2cc(F)c(-c3ccc4nnn(C[C@H](C)F)c4c3)c12. The van der Waals surface area contributed by atoms with Crippen molar-refractivity contribution in [3.05, 3.63) is 30.2 Å². The maximum atomic E-state index is 15.3. The van der Waals surface area contributed by atoms with E-state index in [0.717, 1.165) is 21.3 Å². The third-order valence-electron chi connectivity index (χ3n) is 6.31. The number of methoxy groups -OCH3 is 1. The number of fused-ring (bicyclic) bond motifs is 2. The highest BCUT2D eigenvalue weighted by atomic mass is 32.2. The van der Waals surface area contributed by atoms with Gasteiger partial charge in [-0.05, 0) is 31.0 Å². The predicted molar refractivity (Wildman–Crippen MR) is 130 cm³/mol.